The number of carbonyl (C=O) groups excluding carboxylic acids is 1. The Labute approximate surface area is 130 Å². The quantitative estimate of drug-likeness (QED) is 0.763. The van der Waals surface area contributed by atoms with Gasteiger partial charge >= 0.3 is 12.0 Å². The summed E-state index contributed by atoms with van der Waals surface area (Å²) in [6, 6.07) is -0.950. The molecule has 6 heteroatoms. The molecule has 0 bridgehead atoms. The van der Waals surface area contributed by atoms with Crippen LogP contribution in [-0.4, -0.2) is 57.2 Å². The summed E-state index contributed by atoms with van der Waals surface area (Å²) in [5.41, 5.74) is 0. The van der Waals surface area contributed by atoms with E-state index in [4.69, 9.17) is 6.42 Å². The Balaban J connectivity index is 2.13. The van der Waals surface area contributed by atoms with Gasteiger partial charge in [-0.05, 0) is 25.2 Å². The summed E-state index contributed by atoms with van der Waals surface area (Å²) in [6.45, 7) is 2.94. The fourth-order valence-corrected chi connectivity index (χ4v) is 4.08. The zero-order valence-corrected chi connectivity index (χ0v) is 13.1. The van der Waals surface area contributed by atoms with Gasteiger partial charge in [0.1, 0.15) is 6.04 Å². The van der Waals surface area contributed by atoms with E-state index in [0.29, 0.717) is 18.2 Å². The summed E-state index contributed by atoms with van der Waals surface area (Å²) in [5.74, 6) is 2.58. The monoisotopic (exact) mass is 310 g/mol. The highest BCUT2D eigenvalue weighted by Crippen LogP contribution is 2.35. The average Bonchev–Trinajstić information content (AvgIpc) is 3.16. The van der Waals surface area contributed by atoms with Crippen LogP contribution in [0.1, 0.15) is 32.6 Å². The van der Waals surface area contributed by atoms with E-state index in [1.165, 1.54) is 4.90 Å². The number of nitrogens with zero attached hydrogens (tertiary/aromatic N) is 2. The minimum absolute atomic E-state index is 0.0527. The maximum atomic E-state index is 12.8. The van der Waals surface area contributed by atoms with E-state index in [1.54, 1.807) is 16.7 Å². The molecule has 1 saturated heterocycles. The third-order valence-electron chi connectivity index (χ3n) is 3.86. The van der Waals surface area contributed by atoms with Gasteiger partial charge in [-0.1, -0.05) is 19.3 Å². The predicted octanol–water partition coefficient (Wildman–Crippen LogP) is 2.08. The first-order valence-corrected chi connectivity index (χ1v) is 8.48. The molecule has 0 radical (unpaired) electrons. The number of hydrogen-bond donors (Lipinski definition) is 1. The van der Waals surface area contributed by atoms with Gasteiger partial charge in [0.05, 0.1) is 11.9 Å². The summed E-state index contributed by atoms with van der Waals surface area (Å²) in [5, 5.41) is 9.31. The van der Waals surface area contributed by atoms with Crippen molar-refractivity contribution in [2.24, 2.45) is 5.92 Å². The van der Waals surface area contributed by atoms with E-state index >= 15 is 0 Å². The standard InChI is InChI=1S/C15H22N2O3S/c1-3-5-13-17(12(10-21-13)14(18)19)15(20)16(8-4-2)9-11-6-7-11/h2,11-13H,3,5-10H2,1H3,(H,18,19). The molecule has 2 aliphatic rings. The van der Waals surface area contributed by atoms with Crippen molar-refractivity contribution >= 4 is 23.8 Å². The molecule has 2 unspecified atom stereocenters. The van der Waals surface area contributed by atoms with Crippen molar-refractivity contribution < 1.29 is 14.7 Å². The van der Waals surface area contributed by atoms with Gasteiger partial charge in [0.15, 0.2) is 0 Å². The van der Waals surface area contributed by atoms with Crippen LogP contribution in [0.25, 0.3) is 0 Å². The van der Waals surface area contributed by atoms with Gasteiger partial charge < -0.3 is 10.0 Å². The SMILES string of the molecule is C#CCN(CC1CC1)C(=O)N1C(CCC)SCC1C(=O)O. The fourth-order valence-electron chi connectivity index (χ4n) is 2.58. The largest absolute Gasteiger partial charge is 0.480 e. The Bertz CT molecular complexity index is 445. The van der Waals surface area contributed by atoms with Crippen LogP contribution in [0.2, 0.25) is 0 Å². The molecular weight excluding hydrogens is 288 g/mol. The van der Waals surface area contributed by atoms with Crippen molar-refractivity contribution in [2.45, 2.75) is 44.0 Å². The maximum absolute atomic E-state index is 12.8. The molecule has 1 aliphatic heterocycles. The highest BCUT2D eigenvalue weighted by atomic mass is 32.2. The van der Waals surface area contributed by atoms with Crippen molar-refractivity contribution in [3.05, 3.63) is 0 Å². The summed E-state index contributed by atoms with van der Waals surface area (Å²) >= 11 is 1.56. The summed E-state index contributed by atoms with van der Waals surface area (Å²) < 4.78 is 0. The molecule has 2 fully saturated rings. The topological polar surface area (TPSA) is 60.9 Å². The zero-order chi connectivity index (χ0) is 15.4. The zero-order valence-electron chi connectivity index (χ0n) is 12.3. The third-order valence-corrected chi connectivity index (χ3v) is 5.22. The van der Waals surface area contributed by atoms with Gasteiger partial charge in [-0.3, -0.25) is 4.90 Å². The number of aliphatic carboxylic acids is 1. The van der Waals surface area contributed by atoms with E-state index in [2.05, 4.69) is 5.92 Å². The molecule has 1 N–H and O–H groups in total. The molecule has 0 aromatic carbocycles. The summed E-state index contributed by atoms with van der Waals surface area (Å²) in [6.07, 6.45) is 9.36. The van der Waals surface area contributed by atoms with Crippen LogP contribution in [-0.2, 0) is 4.79 Å². The number of carboxylic acid groups (broad SMARTS) is 1. The first-order valence-electron chi connectivity index (χ1n) is 7.43. The number of terminal acetylenes is 1. The van der Waals surface area contributed by atoms with Crippen molar-refractivity contribution in [3.8, 4) is 12.3 Å². The second kappa shape index (κ2) is 7.08. The fraction of sp³-hybridized carbons (Fsp3) is 0.733. The lowest BCUT2D eigenvalue weighted by Gasteiger charge is -2.32. The minimum atomic E-state index is -0.929. The Morgan fingerprint density at radius 1 is 1.48 bits per heavy atom. The highest BCUT2D eigenvalue weighted by molar-refractivity contribution is 8.00. The Kier molecular flexibility index (Phi) is 5.40. The number of rotatable bonds is 6. The molecule has 2 rings (SSSR count). The maximum Gasteiger partial charge on any atom is 0.327 e. The van der Waals surface area contributed by atoms with Gasteiger partial charge in [0.2, 0.25) is 0 Å². The van der Waals surface area contributed by atoms with Crippen LogP contribution in [0.3, 0.4) is 0 Å². The number of carbonyl (C=O) groups is 2. The van der Waals surface area contributed by atoms with Gasteiger partial charge in [-0.2, -0.15) is 0 Å². The molecular formula is C15H22N2O3S. The molecule has 2 amide bonds. The lowest BCUT2D eigenvalue weighted by atomic mass is 10.2. The van der Waals surface area contributed by atoms with Gasteiger partial charge in [0, 0.05) is 12.3 Å². The first-order chi connectivity index (χ1) is 10.1. The normalized spacial score (nSPS) is 24.7. The van der Waals surface area contributed by atoms with Crippen molar-refractivity contribution in [3.63, 3.8) is 0 Å². The number of carboxylic acids is 1. The molecule has 5 nitrogen and oxygen atoms in total. The van der Waals surface area contributed by atoms with Crippen LogP contribution in [0.5, 0.6) is 0 Å². The second-order valence-corrected chi connectivity index (χ2v) is 6.86. The average molecular weight is 310 g/mol. The van der Waals surface area contributed by atoms with Crippen molar-refractivity contribution in [1.82, 2.24) is 9.80 Å². The molecule has 0 aromatic rings. The van der Waals surface area contributed by atoms with Crippen LogP contribution in [0, 0.1) is 18.3 Å². The van der Waals surface area contributed by atoms with Crippen LogP contribution < -0.4 is 0 Å². The Hall–Kier alpha value is -1.35. The van der Waals surface area contributed by atoms with Crippen LogP contribution >= 0.6 is 11.8 Å². The van der Waals surface area contributed by atoms with E-state index in [0.717, 1.165) is 25.7 Å². The molecule has 0 spiro atoms. The van der Waals surface area contributed by atoms with Crippen molar-refractivity contribution in [2.75, 3.05) is 18.8 Å². The van der Waals surface area contributed by atoms with E-state index in [-0.39, 0.29) is 17.9 Å². The minimum Gasteiger partial charge on any atom is -0.480 e. The molecule has 116 valence electrons. The lowest BCUT2D eigenvalue weighted by molar-refractivity contribution is -0.141. The van der Waals surface area contributed by atoms with E-state index in [1.807, 2.05) is 6.92 Å². The lowest BCUT2D eigenvalue weighted by Crippen LogP contribution is -2.52. The molecule has 2 atom stereocenters. The summed E-state index contributed by atoms with van der Waals surface area (Å²) in [4.78, 5) is 27.4. The Morgan fingerprint density at radius 3 is 2.71 bits per heavy atom. The van der Waals surface area contributed by atoms with Gasteiger partial charge in [-0.15, -0.1) is 18.2 Å². The molecule has 1 aliphatic carbocycles. The second-order valence-electron chi connectivity index (χ2n) is 5.65. The number of hydrogen-bond acceptors (Lipinski definition) is 3. The van der Waals surface area contributed by atoms with Gasteiger partial charge in [0.25, 0.3) is 0 Å². The van der Waals surface area contributed by atoms with E-state index in [9.17, 15) is 14.7 Å². The molecule has 1 saturated carbocycles. The van der Waals surface area contributed by atoms with Gasteiger partial charge in [-0.25, -0.2) is 9.59 Å². The number of urea groups is 1. The van der Waals surface area contributed by atoms with Crippen LogP contribution in [0.4, 0.5) is 4.79 Å². The highest BCUT2D eigenvalue weighted by Gasteiger charge is 2.43. The Morgan fingerprint density at radius 2 is 2.19 bits per heavy atom. The third kappa shape index (κ3) is 3.85. The van der Waals surface area contributed by atoms with Crippen LogP contribution in [0.15, 0.2) is 0 Å². The molecule has 1 heterocycles. The number of amides is 2. The van der Waals surface area contributed by atoms with E-state index < -0.39 is 12.0 Å². The molecule has 21 heavy (non-hydrogen) atoms. The first kappa shape index (κ1) is 16.0. The molecule has 0 aromatic heterocycles. The summed E-state index contributed by atoms with van der Waals surface area (Å²) in [7, 11) is 0. The predicted molar refractivity (Wildman–Crippen MR) is 82.9 cm³/mol. The smallest absolute Gasteiger partial charge is 0.327 e. The van der Waals surface area contributed by atoms with Crippen molar-refractivity contribution in [1.29, 1.82) is 0 Å². The number of thioether (sulfide) groups is 1.